The van der Waals surface area contributed by atoms with E-state index >= 15 is 0 Å². The fourth-order valence-corrected chi connectivity index (χ4v) is 1.21. The van der Waals surface area contributed by atoms with Crippen molar-refractivity contribution in [1.82, 2.24) is 15.5 Å². The molecule has 2 atom stereocenters. The van der Waals surface area contributed by atoms with Gasteiger partial charge in [0.25, 0.3) is 0 Å². The normalized spacial score (nSPS) is 28.1. The van der Waals surface area contributed by atoms with Gasteiger partial charge in [-0.1, -0.05) is 5.16 Å². The van der Waals surface area contributed by atoms with Crippen molar-refractivity contribution in [2.24, 2.45) is 0 Å². The summed E-state index contributed by atoms with van der Waals surface area (Å²) in [4.78, 5) is 3.80. The molecule has 1 aromatic heterocycles. The maximum Gasteiger partial charge on any atom is 0.213 e. The van der Waals surface area contributed by atoms with Crippen LogP contribution in [-0.2, 0) is 11.3 Å². The van der Waals surface area contributed by atoms with E-state index in [2.05, 4.69) is 20.0 Å². The zero-order valence-electron chi connectivity index (χ0n) is 6.94. The minimum atomic E-state index is -0.938. The van der Waals surface area contributed by atoms with Crippen LogP contribution in [0.1, 0.15) is 5.82 Å². The average Bonchev–Trinajstić information content (AvgIpc) is 2.72. The number of alkyl halides is 1. The fourth-order valence-electron chi connectivity index (χ4n) is 1.21. The second-order valence-corrected chi connectivity index (χ2v) is 2.89. The van der Waals surface area contributed by atoms with Crippen molar-refractivity contribution in [1.29, 1.82) is 0 Å². The molecule has 1 saturated heterocycles. The maximum atomic E-state index is 13.0. The van der Waals surface area contributed by atoms with E-state index in [-0.39, 0.29) is 12.6 Å². The van der Waals surface area contributed by atoms with Crippen LogP contribution in [-0.4, -0.2) is 35.6 Å². The van der Waals surface area contributed by atoms with E-state index in [9.17, 15) is 4.39 Å². The zero-order chi connectivity index (χ0) is 9.10. The van der Waals surface area contributed by atoms with Gasteiger partial charge in [-0.2, -0.15) is 4.98 Å². The summed E-state index contributed by atoms with van der Waals surface area (Å²) in [7, 11) is 0. The van der Waals surface area contributed by atoms with Gasteiger partial charge in [0.1, 0.15) is 6.17 Å². The van der Waals surface area contributed by atoms with Crippen molar-refractivity contribution >= 4 is 0 Å². The van der Waals surface area contributed by atoms with Crippen molar-refractivity contribution in [2.75, 3.05) is 13.2 Å². The molecule has 5 nitrogen and oxygen atoms in total. The summed E-state index contributed by atoms with van der Waals surface area (Å²) in [5.74, 6) is 0.527. The van der Waals surface area contributed by atoms with Crippen molar-refractivity contribution < 1.29 is 13.7 Å². The number of ether oxygens (including phenoxy) is 1. The lowest BCUT2D eigenvalue weighted by Crippen LogP contribution is -2.36. The minimum Gasteiger partial charge on any atom is -0.377 e. The molecule has 6 heteroatoms. The maximum absolute atomic E-state index is 13.0. The second-order valence-electron chi connectivity index (χ2n) is 2.89. The molecule has 1 aliphatic rings. The van der Waals surface area contributed by atoms with E-state index in [1.54, 1.807) is 0 Å². The van der Waals surface area contributed by atoms with Crippen molar-refractivity contribution in [3.63, 3.8) is 0 Å². The number of nitrogens with one attached hydrogen (secondary N) is 1. The highest BCUT2D eigenvalue weighted by Crippen LogP contribution is 2.09. The van der Waals surface area contributed by atoms with Gasteiger partial charge in [0.2, 0.25) is 6.39 Å². The highest BCUT2D eigenvalue weighted by Gasteiger charge is 2.27. The SMILES string of the molecule is FC1COCC1NCc1ncon1. The molecule has 0 radical (unpaired) electrons. The molecular weight excluding hydrogens is 177 g/mol. The van der Waals surface area contributed by atoms with Crippen LogP contribution in [0.2, 0.25) is 0 Å². The highest BCUT2D eigenvalue weighted by atomic mass is 19.1. The summed E-state index contributed by atoms with van der Waals surface area (Å²) < 4.78 is 22.4. The third kappa shape index (κ3) is 2.02. The Morgan fingerprint density at radius 1 is 1.62 bits per heavy atom. The van der Waals surface area contributed by atoms with E-state index < -0.39 is 6.17 Å². The molecule has 0 bridgehead atoms. The molecule has 0 spiro atoms. The minimum absolute atomic E-state index is 0.171. The van der Waals surface area contributed by atoms with Crippen molar-refractivity contribution in [2.45, 2.75) is 18.8 Å². The Balaban J connectivity index is 1.79. The third-order valence-electron chi connectivity index (χ3n) is 1.94. The molecule has 0 aromatic carbocycles. The van der Waals surface area contributed by atoms with Gasteiger partial charge >= 0.3 is 0 Å². The largest absolute Gasteiger partial charge is 0.377 e. The van der Waals surface area contributed by atoms with Crippen LogP contribution in [0.25, 0.3) is 0 Å². The Bertz CT molecular complexity index is 254. The summed E-state index contributed by atoms with van der Waals surface area (Å²) >= 11 is 0. The Hall–Kier alpha value is -1.01. The topological polar surface area (TPSA) is 60.2 Å². The van der Waals surface area contributed by atoms with Gasteiger partial charge in [-0.15, -0.1) is 0 Å². The summed E-state index contributed by atoms with van der Waals surface area (Å²) in [6, 6.07) is -0.251. The van der Waals surface area contributed by atoms with E-state index in [0.717, 1.165) is 0 Å². The number of rotatable bonds is 3. The monoisotopic (exact) mass is 187 g/mol. The van der Waals surface area contributed by atoms with Gasteiger partial charge in [0.05, 0.1) is 25.8 Å². The lowest BCUT2D eigenvalue weighted by molar-refractivity contribution is 0.172. The average molecular weight is 187 g/mol. The number of hydrogen-bond donors (Lipinski definition) is 1. The molecule has 0 amide bonds. The number of aromatic nitrogens is 2. The van der Waals surface area contributed by atoms with Crippen molar-refractivity contribution in [3.05, 3.63) is 12.2 Å². The second kappa shape index (κ2) is 3.80. The molecular formula is C7H10FN3O2. The molecule has 2 unspecified atom stereocenters. The smallest absolute Gasteiger partial charge is 0.213 e. The van der Waals surface area contributed by atoms with E-state index in [0.29, 0.717) is 19.0 Å². The first-order valence-corrected chi connectivity index (χ1v) is 4.06. The fraction of sp³-hybridized carbons (Fsp3) is 0.714. The van der Waals surface area contributed by atoms with Gasteiger partial charge in [-0.25, -0.2) is 4.39 Å². The molecule has 1 fully saturated rings. The Labute approximate surface area is 74.3 Å². The van der Waals surface area contributed by atoms with E-state index in [1.165, 1.54) is 6.39 Å². The van der Waals surface area contributed by atoms with Gasteiger partial charge in [-0.3, -0.25) is 0 Å². The van der Waals surface area contributed by atoms with Crippen molar-refractivity contribution in [3.8, 4) is 0 Å². The van der Waals surface area contributed by atoms with Crippen LogP contribution in [0.4, 0.5) is 4.39 Å². The number of nitrogens with zero attached hydrogens (tertiary/aromatic N) is 2. The first-order chi connectivity index (χ1) is 6.36. The van der Waals surface area contributed by atoms with Gasteiger partial charge < -0.3 is 14.6 Å². The lowest BCUT2D eigenvalue weighted by atomic mass is 10.2. The van der Waals surface area contributed by atoms with Crippen LogP contribution in [0, 0.1) is 0 Å². The summed E-state index contributed by atoms with van der Waals surface area (Å²) in [6.45, 7) is 0.980. The molecule has 1 aliphatic heterocycles. The summed E-state index contributed by atoms with van der Waals surface area (Å²) in [5.41, 5.74) is 0. The van der Waals surface area contributed by atoms with E-state index in [1.807, 2.05) is 0 Å². The van der Waals surface area contributed by atoms with Crippen LogP contribution in [0.5, 0.6) is 0 Å². The molecule has 1 aromatic rings. The standard InChI is InChI=1S/C7H10FN3O2/c8-5-2-12-3-6(5)9-1-7-10-4-13-11-7/h4-6,9H,1-3H2. The highest BCUT2D eigenvalue weighted by molar-refractivity contribution is 4.84. The number of hydrogen-bond acceptors (Lipinski definition) is 5. The molecule has 13 heavy (non-hydrogen) atoms. The Morgan fingerprint density at radius 2 is 2.54 bits per heavy atom. The third-order valence-corrected chi connectivity index (χ3v) is 1.94. The summed E-state index contributed by atoms with van der Waals surface area (Å²) in [6.07, 6.45) is 0.307. The van der Waals surface area contributed by atoms with Gasteiger partial charge in [0, 0.05) is 0 Å². The molecule has 72 valence electrons. The molecule has 0 aliphatic carbocycles. The van der Waals surface area contributed by atoms with Crippen LogP contribution >= 0.6 is 0 Å². The van der Waals surface area contributed by atoms with E-state index in [4.69, 9.17) is 4.74 Å². The van der Waals surface area contributed by atoms with Gasteiger partial charge in [-0.05, 0) is 0 Å². The number of halogens is 1. The molecule has 2 heterocycles. The first-order valence-electron chi connectivity index (χ1n) is 4.06. The van der Waals surface area contributed by atoms with Crippen LogP contribution < -0.4 is 5.32 Å². The Kier molecular flexibility index (Phi) is 2.51. The zero-order valence-corrected chi connectivity index (χ0v) is 6.94. The Morgan fingerprint density at radius 3 is 3.15 bits per heavy atom. The molecule has 2 rings (SSSR count). The molecule has 0 saturated carbocycles. The quantitative estimate of drug-likeness (QED) is 0.715. The summed E-state index contributed by atoms with van der Waals surface area (Å²) in [5, 5.41) is 6.54. The first kappa shape index (κ1) is 8.58. The van der Waals surface area contributed by atoms with Crippen LogP contribution in [0.15, 0.2) is 10.9 Å². The lowest BCUT2D eigenvalue weighted by Gasteiger charge is -2.10. The van der Waals surface area contributed by atoms with Gasteiger partial charge in [0.15, 0.2) is 5.82 Å². The molecule has 1 N–H and O–H groups in total. The predicted octanol–water partition coefficient (Wildman–Crippen LogP) is -0.104. The van der Waals surface area contributed by atoms with Crippen LogP contribution in [0.3, 0.4) is 0 Å². The predicted molar refractivity (Wildman–Crippen MR) is 40.6 cm³/mol.